The van der Waals surface area contributed by atoms with E-state index in [-0.39, 0.29) is 0 Å². The van der Waals surface area contributed by atoms with Gasteiger partial charge in [-0.25, -0.2) is 13.1 Å². The van der Waals surface area contributed by atoms with Gasteiger partial charge in [-0.15, -0.1) is 11.3 Å². The highest BCUT2D eigenvalue weighted by Gasteiger charge is 2.41. The summed E-state index contributed by atoms with van der Waals surface area (Å²) in [5, 5.41) is 0. The van der Waals surface area contributed by atoms with Crippen LogP contribution in [0.2, 0.25) is 0 Å². The molecule has 112 valence electrons. The lowest BCUT2D eigenvalue weighted by molar-refractivity contribution is 0.402. The fraction of sp³-hybridized carbons (Fsp3) is 0.714. The summed E-state index contributed by atoms with van der Waals surface area (Å²) in [6, 6.07) is 1.73. The Balaban J connectivity index is 1.67. The summed E-state index contributed by atoms with van der Waals surface area (Å²) in [6.07, 6.45) is 5.10. The molecule has 0 saturated heterocycles. The van der Waals surface area contributed by atoms with Crippen molar-refractivity contribution in [3.63, 3.8) is 0 Å². The second-order valence-corrected chi connectivity index (χ2v) is 9.20. The van der Waals surface area contributed by atoms with Crippen LogP contribution < -0.4 is 10.5 Å². The molecule has 4 nitrogen and oxygen atoms in total. The number of sulfonamides is 1. The second-order valence-electron chi connectivity index (χ2n) is 6.07. The molecule has 0 amide bonds. The third-order valence-corrected chi connectivity index (χ3v) is 7.57. The standard InChI is InChI=1S/C14H22N2O2S2/c1-9-6-14(19-13(9)7-15)20(17,18)16-8-12(10-2-3-10)11-4-5-11/h6,10-12,16H,2-5,7-8,15H2,1H3. The zero-order valence-corrected chi connectivity index (χ0v) is 13.4. The highest BCUT2D eigenvalue weighted by Crippen LogP contribution is 2.48. The van der Waals surface area contributed by atoms with E-state index in [9.17, 15) is 8.42 Å². The average Bonchev–Trinajstić information content (AvgIpc) is 3.29. The average molecular weight is 314 g/mol. The quantitative estimate of drug-likeness (QED) is 0.810. The van der Waals surface area contributed by atoms with Crippen LogP contribution in [0.5, 0.6) is 0 Å². The number of nitrogens with one attached hydrogen (secondary N) is 1. The first-order valence-corrected chi connectivity index (χ1v) is 9.60. The van der Waals surface area contributed by atoms with Crippen molar-refractivity contribution >= 4 is 21.4 Å². The highest BCUT2D eigenvalue weighted by atomic mass is 32.2. The van der Waals surface area contributed by atoms with Crippen LogP contribution in [0.4, 0.5) is 0 Å². The minimum Gasteiger partial charge on any atom is -0.326 e. The van der Waals surface area contributed by atoms with Gasteiger partial charge in [0.2, 0.25) is 10.0 Å². The SMILES string of the molecule is Cc1cc(S(=O)(=O)NCC(C2CC2)C2CC2)sc1CN. The molecule has 0 radical (unpaired) electrons. The Bertz CT molecular complexity index is 574. The minimum atomic E-state index is -3.37. The first-order valence-electron chi connectivity index (χ1n) is 7.30. The number of rotatable bonds is 7. The number of thiophene rings is 1. The van der Waals surface area contributed by atoms with E-state index >= 15 is 0 Å². The Hall–Kier alpha value is -0.430. The van der Waals surface area contributed by atoms with Crippen molar-refractivity contribution in [2.24, 2.45) is 23.5 Å². The second kappa shape index (κ2) is 5.40. The lowest BCUT2D eigenvalue weighted by Crippen LogP contribution is -2.30. The Labute approximate surface area is 124 Å². The Morgan fingerprint density at radius 1 is 1.35 bits per heavy atom. The van der Waals surface area contributed by atoms with E-state index in [1.165, 1.54) is 37.0 Å². The molecule has 0 unspecified atom stereocenters. The molecule has 2 aliphatic rings. The molecule has 0 bridgehead atoms. The fourth-order valence-corrected chi connectivity index (χ4v) is 5.45. The smallest absolute Gasteiger partial charge is 0.250 e. The van der Waals surface area contributed by atoms with E-state index in [4.69, 9.17) is 5.73 Å². The molecule has 0 aliphatic heterocycles. The summed E-state index contributed by atoms with van der Waals surface area (Å²) in [5.41, 5.74) is 6.59. The van der Waals surface area contributed by atoms with Crippen LogP contribution in [0.1, 0.15) is 36.1 Å². The van der Waals surface area contributed by atoms with Crippen LogP contribution in [-0.4, -0.2) is 15.0 Å². The number of hydrogen-bond donors (Lipinski definition) is 2. The molecular formula is C14H22N2O2S2. The number of nitrogens with two attached hydrogens (primary N) is 1. The van der Waals surface area contributed by atoms with Crippen molar-refractivity contribution in [1.82, 2.24) is 4.72 Å². The van der Waals surface area contributed by atoms with Gasteiger partial charge in [0.1, 0.15) is 4.21 Å². The number of aryl methyl sites for hydroxylation is 1. The number of hydrogen-bond acceptors (Lipinski definition) is 4. The normalized spacial score (nSPS) is 19.8. The molecule has 1 aromatic rings. The van der Waals surface area contributed by atoms with Crippen LogP contribution in [0.3, 0.4) is 0 Å². The lowest BCUT2D eigenvalue weighted by atomic mass is 9.99. The van der Waals surface area contributed by atoms with Crippen molar-refractivity contribution in [3.05, 3.63) is 16.5 Å². The van der Waals surface area contributed by atoms with E-state index in [0.29, 0.717) is 23.2 Å². The van der Waals surface area contributed by atoms with E-state index < -0.39 is 10.0 Å². The van der Waals surface area contributed by atoms with Gasteiger partial charge in [0.05, 0.1) is 0 Å². The first kappa shape index (κ1) is 14.5. The van der Waals surface area contributed by atoms with Gasteiger partial charge in [-0.2, -0.15) is 0 Å². The van der Waals surface area contributed by atoms with Crippen LogP contribution in [0.25, 0.3) is 0 Å². The predicted molar refractivity (Wildman–Crippen MR) is 81.1 cm³/mol. The predicted octanol–water partition coefficient (Wildman–Crippen LogP) is 2.23. The molecular weight excluding hydrogens is 292 g/mol. The molecule has 20 heavy (non-hydrogen) atoms. The van der Waals surface area contributed by atoms with Crippen molar-refractivity contribution < 1.29 is 8.42 Å². The molecule has 6 heteroatoms. The summed E-state index contributed by atoms with van der Waals surface area (Å²) >= 11 is 1.29. The molecule has 2 fully saturated rings. The maximum absolute atomic E-state index is 12.4. The molecule has 0 spiro atoms. The largest absolute Gasteiger partial charge is 0.326 e. The molecule has 3 rings (SSSR count). The summed E-state index contributed by atoms with van der Waals surface area (Å²) in [6.45, 7) is 2.92. The molecule has 0 atom stereocenters. The van der Waals surface area contributed by atoms with Crippen LogP contribution in [0.15, 0.2) is 10.3 Å². The van der Waals surface area contributed by atoms with Gasteiger partial charge in [0, 0.05) is 18.0 Å². The van der Waals surface area contributed by atoms with Gasteiger partial charge in [0.15, 0.2) is 0 Å². The zero-order chi connectivity index (χ0) is 14.3. The maximum Gasteiger partial charge on any atom is 0.250 e. The first-order chi connectivity index (χ1) is 9.51. The monoisotopic (exact) mass is 314 g/mol. The topological polar surface area (TPSA) is 72.2 Å². The summed E-state index contributed by atoms with van der Waals surface area (Å²) in [5.74, 6) is 2.07. The van der Waals surface area contributed by atoms with Crippen molar-refractivity contribution in [2.75, 3.05) is 6.54 Å². The van der Waals surface area contributed by atoms with Gasteiger partial charge in [-0.1, -0.05) is 0 Å². The van der Waals surface area contributed by atoms with Crippen LogP contribution in [0, 0.1) is 24.7 Å². The highest BCUT2D eigenvalue weighted by molar-refractivity contribution is 7.91. The zero-order valence-electron chi connectivity index (χ0n) is 11.8. The van der Waals surface area contributed by atoms with Crippen LogP contribution >= 0.6 is 11.3 Å². The third-order valence-electron chi connectivity index (χ3n) is 4.41. The molecule has 2 saturated carbocycles. The Kier molecular flexibility index (Phi) is 3.92. The molecule has 2 aliphatic carbocycles. The van der Waals surface area contributed by atoms with E-state index in [1.807, 2.05) is 6.92 Å². The lowest BCUT2D eigenvalue weighted by Gasteiger charge is -2.15. The van der Waals surface area contributed by atoms with Crippen molar-refractivity contribution in [3.8, 4) is 0 Å². The van der Waals surface area contributed by atoms with E-state index in [2.05, 4.69) is 4.72 Å². The van der Waals surface area contributed by atoms with Gasteiger partial charge in [-0.3, -0.25) is 0 Å². The summed E-state index contributed by atoms with van der Waals surface area (Å²) in [4.78, 5) is 0.950. The van der Waals surface area contributed by atoms with Gasteiger partial charge < -0.3 is 5.73 Å². The molecule has 1 aromatic heterocycles. The minimum absolute atomic E-state index is 0.402. The van der Waals surface area contributed by atoms with E-state index in [1.54, 1.807) is 6.07 Å². The van der Waals surface area contributed by atoms with Gasteiger partial charge in [0.25, 0.3) is 0 Å². The van der Waals surface area contributed by atoms with Gasteiger partial charge >= 0.3 is 0 Å². The van der Waals surface area contributed by atoms with Gasteiger partial charge in [-0.05, 0) is 62.0 Å². The molecule has 0 aromatic carbocycles. The Morgan fingerprint density at radius 3 is 2.40 bits per heavy atom. The maximum atomic E-state index is 12.4. The van der Waals surface area contributed by atoms with E-state index in [0.717, 1.165) is 22.3 Å². The van der Waals surface area contributed by atoms with Crippen molar-refractivity contribution in [2.45, 2.75) is 43.4 Å². The third kappa shape index (κ3) is 3.08. The molecule has 1 heterocycles. The van der Waals surface area contributed by atoms with Crippen LogP contribution in [-0.2, 0) is 16.6 Å². The molecule has 3 N–H and O–H groups in total. The fourth-order valence-electron chi connectivity index (χ4n) is 2.87. The summed E-state index contributed by atoms with van der Waals surface area (Å²) in [7, 11) is -3.37. The summed E-state index contributed by atoms with van der Waals surface area (Å²) < 4.78 is 28.0. The Morgan fingerprint density at radius 2 is 1.95 bits per heavy atom. The van der Waals surface area contributed by atoms with Crippen molar-refractivity contribution in [1.29, 1.82) is 0 Å².